The van der Waals surface area contributed by atoms with Crippen LogP contribution in [-0.2, 0) is 0 Å². The highest BCUT2D eigenvalue weighted by Crippen LogP contribution is 2.28. The molecule has 3 rings (SSSR count). The van der Waals surface area contributed by atoms with Gasteiger partial charge in [-0.2, -0.15) is 0 Å². The fourth-order valence-corrected chi connectivity index (χ4v) is 3.15. The van der Waals surface area contributed by atoms with Gasteiger partial charge in [-0.1, -0.05) is 5.16 Å². The van der Waals surface area contributed by atoms with Crippen LogP contribution in [0, 0.1) is 19.7 Å². The summed E-state index contributed by atoms with van der Waals surface area (Å²) >= 11 is 0. The molecule has 0 amide bonds. The van der Waals surface area contributed by atoms with E-state index in [4.69, 9.17) is 16.1 Å². The van der Waals surface area contributed by atoms with Crippen molar-refractivity contribution in [2.45, 2.75) is 13.8 Å². The number of hydrazone groups is 1. The highest BCUT2D eigenvalue weighted by Gasteiger charge is 2.24. The average molecular weight is 347 g/mol. The fourth-order valence-electron chi connectivity index (χ4n) is 3.15. The van der Waals surface area contributed by atoms with Crippen LogP contribution in [0.4, 0.5) is 15.8 Å². The molecule has 1 saturated heterocycles. The molecule has 0 saturated carbocycles. The zero-order valence-electron chi connectivity index (χ0n) is 14.3. The number of nitrogens with two attached hydrogens (primary N) is 2. The van der Waals surface area contributed by atoms with E-state index in [1.54, 1.807) is 12.1 Å². The van der Waals surface area contributed by atoms with E-state index in [0.717, 1.165) is 30.2 Å². The third kappa shape index (κ3) is 3.36. The number of aromatic nitrogens is 1. The lowest BCUT2D eigenvalue weighted by Crippen LogP contribution is -2.47. The molecule has 8 nitrogen and oxygen atoms in total. The largest absolute Gasteiger partial charge is 0.382 e. The molecule has 1 aromatic heterocycles. The third-order valence-electron chi connectivity index (χ3n) is 4.36. The number of benzene rings is 1. The van der Waals surface area contributed by atoms with Crippen molar-refractivity contribution in [3.8, 4) is 0 Å². The molecule has 9 heteroatoms. The Morgan fingerprint density at radius 1 is 1.24 bits per heavy atom. The van der Waals surface area contributed by atoms with Gasteiger partial charge in [-0.3, -0.25) is 0 Å². The van der Waals surface area contributed by atoms with E-state index in [0.29, 0.717) is 24.3 Å². The number of anilines is 2. The van der Waals surface area contributed by atoms with Gasteiger partial charge < -0.3 is 20.1 Å². The SMILES string of the molecule is Cc1noc(C)c1N1CCN(c2cc(/C(N)=N/NN)ccc2F)CC1. The van der Waals surface area contributed by atoms with E-state index in [2.05, 4.69) is 20.7 Å². The zero-order valence-corrected chi connectivity index (χ0v) is 14.3. The first-order valence-corrected chi connectivity index (χ1v) is 8.02. The number of aryl methyl sites for hydroxylation is 2. The van der Waals surface area contributed by atoms with Crippen LogP contribution in [0.2, 0.25) is 0 Å². The number of amidine groups is 1. The molecule has 0 spiro atoms. The standard InChI is InChI=1S/C16H22FN7O/c1-10-15(11(2)25-21-10)24-7-5-23(6-8-24)14-9-12(3-4-13(14)17)16(18)20-22-19/h3-4,9,22H,5-8,19H2,1-2H3,(H2,18,20). The molecule has 2 heterocycles. The van der Waals surface area contributed by atoms with Crippen molar-refractivity contribution in [2.75, 3.05) is 36.0 Å². The summed E-state index contributed by atoms with van der Waals surface area (Å²) in [6.07, 6.45) is 0. The predicted octanol–water partition coefficient (Wildman–Crippen LogP) is 0.841. The van der Waals surface area contributed by atoms with E-state index >= 15 is 0 Å². The second-order valence-corrected chi connectivity index (χ2v) is 5.94. The van der Waals surface area contributed by atoms with Gasteiger partial charge in [0.25, 0.3) is 0 Å². The van der Waals surface area contributed by atoms with Crippen LogP contribution in [0.5, 0.6) is 0 Å². The number of nitrogens with zero attached hydrogens (tertiary/aromatic N) is 4. The number of hydrogen-bond donors (Lipinski definition) is 3. The summed E-state index contributed by atoms with van der Waals surface area (Å²) in [5.41, 5.74) is 11.0. The molecule has 1 fully saturated rings. The summed E-state index contributed by atoms with van der Waals surface area (Å²) in [4.78, 5) is 4.21. The highest BCUT2D eigenvalue weighted by molar-refractivity contribution is 5.98. The molecule has 1 aliphatic heterocycles. The van der Waals surface area contributed by atoms with Crippen molar-refractivity contribution >= 4 is 17.2 Å². The Kier molecular flexibility index (Phi) is 4.75. The summed E-state index contributed by atoms with van der Waals surface area (Å²) in [5.74, 6) is 5.86. The van der Waals surface area contributed by atoms with Gasteiger partial charge >= 0.3 is 0 Å². The first kappa shape index (κ1) is 17.0. The van der Waals surface area contributed by atoms with E-state index in [1.165, 1.54) is 6.07 Å². The van der Waals surface area contributed by atoms with Crippen LogP contribution in [0.3, 0.4) is 0 Å². The topological polar surface area (TPSA) is 109 Å². The van der Waals surface area contributed by atoms with Gasteiger partial charge in [-0.15, -0.1) is 5.10 Å². The van der Waals surface area contributed by atoms with Crippen molar-refractivity contribution in [2.24, 2.45) is 16.7 Å². The Balaban J connectivity index is 1.77. The average Bonchev–Trinajstić information content (AvgIpc) is 2.94. The molecule has 5 N–H and O–H groups in total. The summed E-state index contributed by atoms with van der Waals surface area (Å²) in [6.45, 7) is 6.68. The smallest absolute Gasteiger partial charge is 0.157 e. The first-order chi connectivity index (χ1) is 12.0. The molecular weight excluding hydrogens is 325 g/mol. The molecule has 1 aliphatic rings. The molecule has 134 valence electrons. The maximum absolute atomic E-state index is 14.3. The van der Waals surface area contributed by atoms with Crippen LogP contribution in [-0.4, -0.2) is 37.2 Å². The van der Waals surface area contributed by atoms with E-state index in [9.17, 15) is 4.39 Å². The number of piperazine rings is 1. The first-order valence-electron chi connectivity index (χ1n) is 8.02. The van der Waals surface area contributed by atoms with E-state index in [-0.39, 0.29) is 11.7 Å². The number of rotatable bonds is 4. The van der Waals surface area contributed by atoms with Gasteiger partial charge in [-0.05, 0) is 32.0 Å². The Labute approximate surface area is 145 Å². The minimum absolute atomic E-state index is 0.207. The van der Waals surface area contributed by atoms with Crippen LogP contribution in [0.1, 0.15) is 17.0 Å². The van der Waals surface area contributed by atoms with Crippen molar-refractivity contribution in [3.63, 3.8) is 0 Å². The summed E-state index contributed by atoms with van der Waals surface area (Å²) in [5, 5.41) is 7.73. The number of hydrogen-bond acceptors (Lipinski definition) is 7. The molecule has 0 bridgehead atoms. The van der Waals surface area contributed by atoms with Crippen LogP contribution >= 0.6 is 0 Å². The number of halogens is 1. The maximum atomic E-state index is 14.3. The molecule has 0 atom stereocenters. The zero-order chi connectivity index (χ0) is 18.0. The lowest BCUT2D eigenvalue weighted by Gasteiger charge is -2.37. The summed E-state index contributed by atoms with van der Waals surface area (Å²) < 4.78 is 19.5. The lowest BCUT2D eigenvalue weighted by atomic mass is 10.1. The van der Waals surface area contributed by atoms with Crippen molar-refractivity contribution < 1.29 is 8.91 Å². The lowest BCUT2D eigenvalue weighted by molar-refractivity contribution is 0.393. The Bertz CT molecular complexity index is 761. The van der Waals surface area contributed by atoms with Crippen LogP contribution < -0.4 is 26.9 Å². The van der Waals surface area contributed by atoms with Crippen LogP contribution in [0.15, 0.2) is 27.8 Å². The number of nitrogens with one attached hydrogen (secondary N) is 1. The van der Waals surface area contributed by atoms with Crippen molar-refractivity contribution in [1.29, 1.82) is 0 Å². The van der Waals surface area contributed by atoms with E-state index in [1.807, 2.05) is 18.7 Å². The molecule has 0 aliphatic carbocycles. The van der Waals surface area contributed by atoms with Gasteiger partial charge in [0, 0.05) is 31.7 Å². The Morgan fingerprint density at radius 2 is 1.92 bits per heavy atom. The minimum Gasteiger partial charge on any atom is -0.382 e. The van der Waals surface area contributed by atoms with Gasteiger partial charge in [0.1, 0.15) is 17.2 Å². The predicted molar refractivity (Wildman–Crippen MR) is 94.9 cm³/mol. The summed E-state index contributed by atoms with van der Waals surface area (Å²) in [6, 6.07) is 4.66. The van der Waals surface area contributed by atoms with Gasteiger partial charge in [0.2, 0.25) is 0 Å². The Morgan fingerprint density at radius 3 is 2.52 bits per heavy atom. The van der Waals surface area contributed by atoms with E-state index < -0.39 is 0 Å². The minimum atomic E-state index is -0.289. The quantitative estimate of drug-likeness (QED) is 0.325. The molecule has 25 heavy (non-hydrogen) atoms. The Hall–Kier alpha value is -2.81. The van der Waals surface area contributed by atoms with Crippen molar-refractivity contribution in [3.05, 3.63) is 41.0 Å². The summed E-state index contributed by atoms with van der Waals surface area (Å²) in [7, 11) is 0. The van der Waals surface area contributed by atoms with Gasteiger partial charge in [-0.25, -0.2) is 15.8 Å². The second-order valence-electron chi connectivity index (χ2n) is 5.94. The normalized spacial score (nSPS) is 15.6. The van der Waals surface area contributed by atoms with Crippen molar-refractivity contribution in [1.82, 2.24) is 10.7 Å². The molecule has 2 aromatic rings. The molecule has 0 radical (unpaired) electrons. The third-order valence-corrected chi connectivity index (χ3v) is 4.36. The molecule has 0 unspecified atom stereocenters. The maximum Gasteiger partial charge on any atom is 0.157 e. The molecule has 1 aromatic carbocycles. The number of hydrazine groups is 1. The van der Waals surface area contributed by atoms with Crippen LogP contribution in [0.25, 0.3) is 0 Å². The fraction of sp³-hybridized carbons (Fsp3) is 0.375. The van der Waals surface area contributed by atoms with Gasteiger partial charge in [0.15, 0.2) is 11.6 Å². The monoisotopic (exact) mass is 347 g/mol. The second kappa shape index (κ2) is 6.98. The van der Waals surface area contributed by atoms with Gasteiger partial charge in [0.05, 0.1) is 5.69 Å². The molecular formula is C16H22FN7O. The highest BCUT2D eigenvalue weighted by atomic mass is 19.1.